The molecular formula is C8H18N2S. The van der Waals surface area contributed by atoms with Crippen LogP contribution >= 0.6 is 11.8 Å². The van der Waals surface area contributed by atoms with Crippen LogP contribution in [0.5, 0.6) is 0 Å². The SMILES string of the molecule is CC(C)CCSC(C)C(=N)N. The van der Waals surface area contributed by atoms with E-state index in [9.17, 15) is 0 Å². The fraction of sp³-hybridized carbons (Fsp3) is 0.875. The van der Waals surface area contributed by atoms with Gasteiger partial charge in [0.05, 0.1) is 5.25 Å². The second-order valence-electron chi connectivity index (χ2n) is 3.15. The van der Waals surface area contributed by atoms with Gasteiger partial charge in [0.25, 0.3) is 0 Å². The fourth-order valence-electron chi connectivity index (χ4n) is 0.570. The van der Waals surface area contributed by atoms with Crippen LogP contribution in [0.3, 0.4) is 0 Å². The minimum Gasteiger partial charge on any atom is -0.387 e. The number of rotatable bonds is 5. The van der Waals surface area contributed by atoms with E-state index in [1.165, 1.54) is 6.42 Å². The summed E-state index contributed by atoms with van der Waals surface area (Å²) >= 11 is 1.76. The van der Waals surface area contributed by atoms with Gasteiger partial charge in [-0.25, -0.2) is 0 Å². The highest BCUT2D eigenvalue weighted by Crippen LogP contribution is 2.13. The summed E-state index contributed by atoms with van der Waals surface area (Å²) in [6.45, 7) is 6.39. The van der Waals surface area contributed by atoms with Gasteiger partial charge in [-0.05, 0) is 25.0 Å². The average Bonchev–Trinajstić information content (AvgIpc) is 1.86. The summed E-state index contributed by atoms with van der Waals surface area (Å²) in [4.78, 5) is 0. The van der Waals surface area contributed by atoms with E-state index >= 15 is 0 Å². The molecule has 0 rings (SSSR count). The number of nitrogens with one attached hydrogen (secondary N) is 1. The highest BCUT2D eigenvalue weighted by Gasteiger charge is 2.04. The fourth-order valence-corrected chi connectivity index (χ4v) is 1.71. The molecule has 0 aliphatic heterocycles. The third-order valence-corrected chi connectivity index (χ3v) is 2.73. The largest absolute Gasteiger partial charge is 0.387 e. The van der Waals surface area contributed by atoms with Gasteiger partial charge in [0.2, 0.25) is 0 Å². The van der Waals surface area contributed by atoms with Gasteiger partial charge in [0.1, 0.15) is 5.84 Å². The zero-order valence-corrected chi connectivity index (χ0v) is 8.37. The molecule has 0 aromatic carbocycles. The predicted octanol–water partition coefficient (Wildman–Crippen LogP) is 2.09. The van der Waals surface area contributed by atoms with Gasteiger partial charge in [-0.2, -0.15) is 11.8 Å². The molecule has 3 heteroatoms. The summed E-state index contributed by atoms with van der Waals surface area (Å²) in [5.74, 6) is 2.15. The molecule has 0 fully saturated rings. The molecule has 3 N–H and O–H groups in total. The molecule has 0 amide bonds. The van der Waals surface area contributed by atoms with Crippen molar-refractivity contribution >= 4 is 17.6 Å². The van der Waals surface area contributed by atoms with E-state index in [0.717, 1.165) is 11.7 Å². The monoisotopic (exact) mass is 174 g/mol. The Hall–Kier alpha value is -0.180. The topological polar surface area (TPSA) is 49.9 Å². The van der Waals surface area contributed by atoms with Gasteiger partial charge < -0.3 is 5.73 Å². The van der Waals surface area contributed by atoms with Crippen LogP contribution in [0.25, 0.3) is 0 Å². The molecular weight excluding hydrogens is 156 g/mol. The number of nitrogens with two attached hydrogens (primary N) is 1. The molecule has 0 radical (unpaired) electrons. The zero-order valence-electron chi connectivity index (χ0n) is 7.55. The van der Waals surface area contributed by atoms with Crippen molar-refractivity contribution in [3.8, 4) is 0 Å². The van der Waals surface area contributed by atoms with E-state index < -0.39 is 0 Å². The number of hydrogen-bond donors (Lipinski definition) is 2. The molecule has 0 heterocycles. The van der Waals surface area contributed by atoms with Crippen molar-refractivity contribution in [2.75, 3.05) is 5.75 Å². The van der Waals surface area contributed by atoms with Gasteiger partial charge in [-0.15, -0.1) is 0 Å². The van der Waals surface area contributed by atoms with Crippen molar-refractivity contribution in [3.05, 3.63) is 0 Å². The van der Waals surface area contributed by atoms with Crippen LogP contribution in [0.4, 0.5) is 0 Å². The normalized spacial score (nSPS) is 13.5. The maximum Gasteiger partial charge on any atom is 0.104 e. The summed E-state index contributed by atoms with van der Waals surface area (Å²) in [5.41, 5.74) is 5.32. The summed E-state index contributed by atoms with van der Waals surface area (Å²) in [5, 5.41) is 7.33. The number of hydrogen-bond acceptors (Lipinski definition) is 2. The second-order valence-corrected chi connectivity index (χ2v) is 4.60. The standard InChI is InChI=1S/C8H18N2S/c1-6(2)4-5-11-7(3)8(9)10/h6-7H,4-5H2,1-3H3,(H3,9,10). The molecule has 0 saturated carbocycles. The summed E-state index contributed by atoms with van der Waals surface area (Å²) in [6, 6.07) is 0. The molecule has 1 unspecified atom stereocenters. The quantitative estimate of drug-likeness (QED) is 0.495. The average molecular weight is 174 g/mol. The molecule has 11 heavy (non-hydrogen) atoms. The lowest BCUT2D eigenvalue weighted by Gasteiger charge is -2.09. The number of amidine groups is 1. The smallest absolute Gasteiger partial charge is 0.104 e. The van der Waals surface area contributed by atoms with Crippen LogP contribution in [-0.2, 0) is 0 Å². The molecule has 0 aliphatic rings. The van der Waals surface area contributed by atoms with Gasteiger partial charge in [0, 0.05) is 0 Å². The van der Waals surface area contributed by atoms with Gasteiger partial charge in [0.15, 0.2) is 0 Å². The third kappa shape index (κ3) is 6.23. The minimum absolute atomic E-state index is 0.189. The lowest BCUT2D eigenvalue weighted by Crippen LogP contribution is -2.22. The Morgan fingerprint density at radius 1 is 1.45 bits per heavy atom. The Kier molecular flexibility index (Phi) is 5.38. The first-order valence-electron chi connectivity index (χ1n) is 3.99. The first-order valence-corrected chi connectivity index (χ1v) is 5.04. The molecule has 66 valence electrons. The van der Waals surface area contributed by atoms with E-state index in [0.29, 0.717) is 5.84 Å². The van der Waals surface area contributed by atoms with Crippen molar-refractivity contribution in [2.24, 2.45) is 11.7 Å². The minimum atomic E-state index is 0.189. The van der Waals surface area contributed by atoms with Crippen LogP contribution in [-0.4, -0.2) is 16.8 Å². The van der Waals surface area contributed by atoms with Crippen LogP contribution < -0.4 is 5.73 Å². The van der Waals surface area contributed by atoms with E-state index in [2.05, 4.69) is 13.8 Å². The molecule has 2 nitrogen and oxygen atoms in total. The summed E-state index contributed by atoms with van der Waals surface area (Å²) < 4.78 is 0. The van der Waals surface area contributed by atoms with E-state index in [-0.39, 0.29) is 5.25 Å². The Bertz CT molecular complexity index is 123. The Balaban J connectivity index is 3.31. The Labute approximate surface area is 73.4 Å². The van der Waals surface area contributed by atoms with Crippen molar-refractivity contribution in [3.63, 3.8) is 0 Å². The Morgan fingerprint density at radius 3 is 2.36 bits per heavy atom. The molecule has 0 spiro atoms. The van der Waals surface area contributed by atoms with Gasteiger partial charge in [-0.3, -0.25) is 5.41 Å². The number of thioether (sulfide) groups is 1. The maximum absolute atomic E-state index is 7.14. The molecule has 0 aromatic rings. The van der Waals surface area contributed by atoms with Crippen LogP contribution in [0.15, 0.2) is 0 Å². The summed E-state index contributed by atoms with van der Waals surface area (Å²) in [7, 11) is 0. The third-order valence-electron chi connectivity index (χ3n) is 1.50. The van der Waals surface area contributed by atoms with E-state index in [4.69, 9.17) is 11.1 Å². The van der Waals surface area contributed by atoms with E-state index in [1.54, 1.807) is 11.8 Å². The molecule has 0 aromatic heterocycles. The first kappa shape index (κ1) is 10.8. The van der Waals surface area contributed by atoms with Crippen molar-refractivity contribution in [1.29, 1.82) is 5.41 Å². The molecule has 0 saturated heterocycles. The summed E-state index contributed by atoms with van der Waals surface area (Å²) in [6.07, 6.45) is 1.21. The zero-order chi connectivity index (χ0) is 8.85. The predicted molar refractivity (Wildman–Crippen MR) is 53.3 cm³/mol. The van der Waals surface area contributed by atoms with Gasteiger partial charge >= 0.3 is 0 Å². The molecule has 0 bridgehead atoms. The molecule has 1 atom stereocenters. The van der Waals surface area contributed by atoms with E-state index in [1.807, 2.05) is 6.92 Å². The van der Waals surface area contributed by atoms with Crippen molar-refractivity contribution < 1.29 is 0 Å². The van der Waals surface area contributed by atoms with Gasteiger partial charge in [-0.1, -0.05) is 13.8 Å². The molecule has 0 aliphatic carbocycles. The highest BCUT2D eigenvalue weighted by molar-refractivity contribution is 8.00. The lowest BCUT2D eigenvalue weighted by atomic mass is 10.2. The first-order chi connectivity index (χ1) is 5.04. The maximum atomic E-state index is 7.14. The second kappa shape index (κ2) is 5.47. The van der Waals surface area contributed by atoms with Crippen molar-refractivity contribution in [1.82, 2.24) is 0 Å². The lowest BCUT2D eigenvalue weighted by molar-refractivity contribution is 0.632. The van der Waals surface area contributed by atoms with Crippen LogP contribution in [0, 0.1) is 11.3 Å². The Morgan fingerprint density at radius 2 is 2.00 bits per heavy atom. The van der Waals surface area contributed by atoms with Crippen LogP contribution in [0.2, 0.25) is 0 Å². The van der Waals surface area contributed by atoms with Crippen molar-refractivity contribution in [2.45, 2.75) is 32.4 Å². The highest BCUT2D eigenvalue weighted by atomic mass is 32.2. The van der Waals surface area contributed by atoms with Crippen LogP contribution in [0.1, 0.15) is 27.2 Å².